The van der Waals surface area contributed by atoms with E-state index in [0.717, 1.165) is 6.07 Å². The monoisotopic (exact) mass is 939 g/mol. The van der Waals surface area contributed by atoms with Crippen LogP contribution in [0.15, 0.2) is 36.8 Å². The highest BCUT2D eigenvalue weighted by Crippen LogP contribution is 2.37. The minimum absolute atomic E-state index is 0.352. The summed E-state index contributed by atoms with van der Waals surface area (Å²) in [5.41, 5.74) is 0.624. The van der Waals surface area contributed by atoms with Crippen LogP contribution in [0, 0.1) is 0 Å². The first-order valence-electron chi connectivity index (χ1n) is 11.8. The van der Waals surface area contributed by atoms with Crippen LogP contribution in [0.25, 0.3) is 17.0 Å². The van der Waals surface area contributed by atoms with Crippen molar-refractivity contribution in [1.29, 1.82) is 0 Å². The van der Waals surface area contributed by atoms with Gasteiger partial charge in [-0.05, 0) is 32.3 Å². The van der Waals surface area contributed by atoms with Gasteiger partial charge in [0.25, 0.3) is 0 Å². The zero-order chi connectivity index (χ0) is 44.9. The van der Waals surface area contributed by atoms with Gasteiger partial charge in [0, 0.05) is 44.8 Å². The molecule has 38 heteroatoms. The Morgan fingerprint density at radius 3 is 1.22 bits per heavy atom. The number of hydrogen-bond acceptors (Lipinski definition) is 10. The van der Waals surface area contributed by atoms with Crippen molar-refractivity contribution in [3.63, 3.8) is 0 Å². The van der Waals surface area contributed by atoms with Crippen molar-refractivity contribution in [3.05, 3.63) is 42.5 Å². The Morgan fingerprint density at radius 1 is 0.685 bits per heavy atom. The fourth-order valence-corrected chi connectivity index (χ4v) is 2.24. The molecule has 322 valence electrons. The topological polar surface area (TPSA) is 382 Å². The molecular weight excluding hydrogens is 907 g/mol. The van der Waals surface area contributed by atoms with Crippen LogP contribution in [0.4, 0.5) is 38.4 Å². The van der Waals surface area contributed by atoms with Gasteiger partial charge in [-0.2, -0.15) is 18.3 Å². The van der Waals surface area contributed by atoms with Crippen LogP contribution in [-0.4, -0.2) is 118 Å². The second-order valence-electron chi connectivity index (χ2n) is 8.73. The molecule has 0 amide bonds. The highest BCUT2D eigenvalue weighted by Gasteiger charge is 2.35. The molecule has 2 aromatic heterocycles. The maximum Gasteiger partial charge on any atom is 0.507 e. The zero-order valence-corrected chi connectivity index (χ0v) is 32.2. The first-order valence-corrected chi connectivity index (χ1v) is 20.8. The molecule has 0 saturated carbocycles. The van der Waals surface area contributed by atoms with Crippen molar-refractivity contribution in [3.8, 4) is 11.3 Å². The Kier molecular flexibility index (Phi) is 29.7. The second kappa shape index (κ2) is 26.1. The predicted molar refractivity (Wildman–Crippen MR) is 166 cm³/mol. The minimum atomic E-state index is -5.14. The van der Waals surface area contributed by atoms with E-state index in [4.69, 9.17) is 86.1 Å². The van der Waals surface area contributed by atoms with Crippen LogP contribution < -0.4 is 0 Å². The van der Waals surface area contributed by atoms with E-state index in [0.29, 0.717) is 23.5 Å². The van der Waals surface area contributed by atoms with Crippen molar-refractivity contribution in [2.24, 2.45) is 0 Å². The largest absolute Gasteiger partial charge is 0.507 e. The number of nitrogens with zero attached hydrogens (tertiary/aromatic N) is 5. The Labute approximate surface area is 297 Å². The molecule has 0 aliphatic heterocycles. The van der Waals surface area contributed by atoms with Crippen LogP contribution in [-0.2, 0) is 33.6 Å². The molecule has 2 rings (SSSR count). The third-order valence-electron chi connectivity index (χ3n) is 3.11. The molecule has 0 aliphatic rings. The van der Waals surface area contributed by atoms with E-state index < -0.39 is 59.3 Å². The van der Waals surface area contributed by atoms with Crippen LogP contribution in [0.1, 0.15) is 5.69 Å². The zero-order valence-electron chi connectivity index (χ0n) is 26.8. The molecule has 2 heterocycles. The number of halogens is 9. The molecule has 0 radical (unpaired) electrons. The summed E-state index contributed by atoms with van der Waals surface area (Å²) in [4.78, 5) is 91.2. The SMILES string of the molecule is CN(C)/C=C(/CN(C)C)n1nc(C(F)(F)F)cc1-c1cccnc1.O=P(O)(O)F.O=P(O)(O)F.O=P(O)(O)F.O=P(O)(O)F.O=P(O)(O)F.O=P(O)(O)F. The number of alkyl halides is 3. The molecule has 0 spiro atoms. The van der Waals surface area contributed by atoms with Gasteiger partial charge >= 0.3 is 53.6 Å². The lowest BCUT2D eigenvalue weighted by Gasteiger charge is -2.18. The van der Waals surface area contributed by atoms with Gasteiger partial charge in [0.15, 0.2) is 5.69 Å². The van der Waals surface area contributed by atoms with Gasteiger partial charge in [-0.25, -0.2) is 32.1 Å². The number of hydrogen-bond donors (Lipinski definition) is 12. The van der Waals surface area contributed by atoms with Gasteiger partial charge in [-0.15, -0.1) is 25.2 Å². The summed E-state index contributed by atoms with van der Waals surface area (Å²) in [5.74, 6) is 0. The standard InChI is InChI=1S/C16H20F3N5.6FH2O3P/c1-22(2)10-13(11-23(3)4)24-14(12-6-5-7-20-9-12)8-15(21-24)16(17,18)19;6*1-5(2,3)4/h5-10H,11H2,1-4H3;6*(H2,2,3,4)/b13-10-;;;;;;. The van der Waals surface area contributed by atoms with E-state index in [2.05, 4.69) is 10.1 Å². The molecule has 12 N–H and O–H groups in total. The molecule has 0 saturated heterocycles. The molecule has 0 bridgehead atoms. The fourth-order valence-electron chi connectivity index (χ4n) is 2.24. The van der Waals surface area contributed by atoms with E-state index in [1.54, 1.807) is 29.4 Å². The number of pyridine rings is 1. The van der Waals surface area contributed by atoms with Crippen LogP contribution in [0.3, 0.4) is 0 Å². The third-order valence-corrected chi connectivity index (χ3v) is 3.11. The van der Waals surface area contributed by atoms with E-state index in [1.165, 1.54) is 10.9 Å². The van der Waals surface area contributed by atoms with Crippen molar-refractivity contribution in [2.45, 2.75) is 6.18 Å². The Morgan fingerprint density at radius 2 is 1.00 bits per heavy atom. The Bertz CT molecular complexity index is 1460. The fraction of sp³-hybridized carbons (Fsp3) is 0.375. The highest BCUT2D eigenvalue weighted by molar-refractivity contribution is 7.46. The van der Waals surface area contributed by atoms with Gasteiger partial charge in [0.05, 0.1) is 11.4 Å². The molecule has 0 unspecified atom stereocenters. The van der Waals surface area contributed by atoms with Crippen molar-refractivity contribution in [2.75, 3.05) is 34.7 Å². The van der Waals surface area contributed by atoms with Crippen molar-refractivity contribution in [1.82, 2.24) is 24.6 Å². The molecule has 23 nitrogen and oxygen atoms in total. The normalized spacial score (nSPS) is 12.2. The van der Waals surface area contributed by atoms with Gasteiger partial charge in [0.2, 0.25) is 0 Å². The molecule has 0 aliphatic carbocycles. The molecule has 54 heavy (non-hydrogen) atoms. The van der Waals surface area contributed by atoms with Crippen molar-refractivity contribution >= 4 is 53.1 Å². The first-order chi connectivity index (χ1) is 23.2. The number of aromatic nitrogens is 3. The summed E-state index contributed by atoms with van der Waals surface area (Å²) in [6.07, 6.45) is 0.346. The molecule has 0 atom stereocenters. The quantitative estimate of drug-likeness (QED) is 0.151. The second-order valence-corrected chi connectivity index (χ2v) is 14.4. The van der Waals surface area contributed by atoms with Crippen LogP contribution >= 0.6 is 47.4 Å². The smallest absolute Gasteiger partial charge is 0.382 e. The molecule has 0 fully saturated rings. The summed E-state index contributed by atoms with van der Waals surface area (Å²) in [7, 11) is -23.5. The number of rotatable bonds is 5. The first kappa shape index (κ1) is 61.4. The summed E-state index contributed by atoms with van der Waals surface area (Å²) in [6, 6.07) is 4.45. The third kappa shape index (κ3) is 75.1. The predicted octanol–water partition coefficient (Wildman–Crippen LogP) is 3.18. The van der Waals surface area contributed by atoms with E-state index in [1.807, 2.05) is 33.1 Å². The maximum atomic E-state index is 13.2. The average molecular weight is 939 g/mol. The molecule has 2 aromatic rings. The lowest BCUT2D eigenvalue weighted by atomic mass is 10.2. The van der Waals surface area contributed by atoms with Gasteiger partial charge in [0.1, 0.15) is 0 Å². The van der Waals surface area contributed by atoms with E-state index in [-0.39, 0.29) is 0 Å². The highest BCUT2D eigenvalue weighted by atomic mass is 31.2. The van der Waals surface area contributed by atoms with Crippen LogP contribution in [0.5, 0.6) is 0 Å². The van der Waals surface area contributed by atoms with Crippen LogP contribution in [0.2, 0.25) is 0 Å². The van der Waals surface area contributed by atoms with Gasteiger partial charge in [-0.3, -0.25) is 63.7 Å². The number of likely N-dealkylation sites (N-methyl/N-ethyl adjacent to an activating group) is 1. The van der Waals surface area contributed by atoms with E-state index >= 15 is 0 Å². The Balaban J connectivity index is -0.000000216. The van der Waals surface area contributed by atoms with Crippen molar-refractivity contribution < 1.29 is 124 Å². The molecule has 0 aromatic carbocycles. The summed E-state index contributed by atoms with van der Waals surface area (Å²) in [6.45, 7) is 0.435. The lowest BCUT2D eigenvalue weighted by Crippen LogP contribution is -2.21. The van der Waals surface area contributed by atoms with Gasteiger partial charge in [-0.1, -0.05) is 0 Å². The summed E-state index contributed by atoms with van der Waals surface area (Å²) < 4.78 is 155. The lowest BCUT2D eigenvalue weighted by molar-refractivity contribution is -0.141. The van der Waals surface area contributed by atoms with E-state index in [9.17, 15) is 38.4 Å². The average Bonchev–Trinajstić information content (AvgIpc) is 3.23. The minimum Gasteiger partial charge on any atom is -0.382 e. The molecular formula is C16H32F9N5O18P6. The van der Waals surface area contributed by atoms with Gasteiger partial charge < -0.3 is 9.80 Å². The maximum absolute atomic E-state index is 13.2. The summed E-state index contributed by atoms with van der Waals surface area (Å²) in [5, 5.41) is 3.81. The Hall–Kier alpha value is -1.87. The summed E-state index contributed by atoms with van der Waals surface area (Å²) >= 11 is 0.